The van der Waals surface area contributed by atoms with Crippen molar-refractivity contribution in [2.45, 2.75) is 52.4 Å². The van der Waals surface area contributed by atoms with E-state index in [2.05, 4.69) is 31.7 Å². The average molecular weight is 517 g/mol. The summed E-state index contributed by atoms with van der Waals surface area (Å²) in [4.78, 5) is 48.0. The Labute approximate surface area is 221 Å². The summed E-state index contributed by atoms with van der Waals surface area (Å²) in [6, 6.07) is 14.5. The van der Waals surface area contributed by atoms with E-state index >= 15 is 0 Å². The number of rotatable bonds is 11. The van der Waals surface area contributed by atoms with E-state index in [1.807, 2.05) is 24.3 Å². The second-order valence-electron chi connectivity index (χ2n) is 9.65. The molecule has 10 heteroatoms. The highest BCUT2D eigenvalue weighted by Crippen LogP contribution is 2.30. The number of benzene rings is 2. The van der Waals surface area contributed by atoms with Crippen LogP contribution in [-0.4, -0.2) is 35.1 Å². The molecule has 0 saturated heterocycles. The fourth-order valence-corrected chi connectivity index (χ4v) is 3.53. The normalized spacial score (nSPS) is 15.4. The fourth-order valence-electron chi connectivity index (χ4n) is 3.53. The smallest absolute Gasteiger partial charge is 0.240 e. The molecule has 0 atom stereocenters. The Morgan fingerprint density at radius 3 is 1.29 bits per heavy atom. The summed E-state index contributed by atoms with van der Waals surface area (Å²) >= 11 is 0. The maximum absolute atomic E-state index is 12.1. The molecule has 0 unspecified atom stereocenters. The van der Waals surface area contributed by atoms with Gasteiger partial charge in [-0.25, -0.2) is 10.9 Å². The lowest BCUT2D eigenvalue weighted by atomic mass is 10.1. The lowest BCUT2D eigenvalue weighted by Crippen LogP contribution is -2.24. The van der Waals surface area contributed by atoms with Gasteiger partial charge in [0.05, 0.1) is 11.4 Å². The summed E-state index contributed by atoms with van der Waals surface area (Å²) in [5.41, 5.74) is 9.17. The molecule has 0 aliphatic heterocycles. The largest absolute Gasteiger partial charge is 0.326 e. The van der Waals surface area contributed by atoms with Crippen LogP contribution >= 0.6 is 0 Å². The minimum atomic E-state index is -0.391. The molecule has 0 aromatic heterocycles. The average Bonchev–Trinajstić information content (AvgIpc) is 3.83. The van der Waals surface area contributed by atoms with Crippen molar-refractivity contribution in [2.75, 3.05) is 10.6 Å². The van der Waals surface area contributed by atoms with Gasteiger partial charge in [0.1, 0.15) is 0 Å². The van der Waals surface area contributed by atoms with E-state index in [0.29, 0.717) is 11.4 Å². The molecule has 2 fully saturated rings. The van der Waals surface area contributed by atoms with E-state index in [9.17, 15) is 19.2 Å². The molecule has 2 aliphatic carbocycles. The predicted octanol–water partition coefficient (Wildman–Crippen LogP) is 3.54. The number of hydrogen-bond donors (Lipinski definition) is 4. The topological polar surface area (TPSA) is 141 Å². The van der Waals surface area contributed by atoms with Crippen molar-refractivity contribution in [2.24, 2.45) is 22.0 Å². The van der Waals surface area contributed by atoms with Gasteiger partial charge in [-0.1, -0.05) is 24.3 Å². The molecule has 0 radical (unpaired) electrons. The SMILES string of the molecule is CC(=NNC(=O)CCC(=O)NN=C(C)c1ccc(NC(=O)C2CC2)cc1)c1ccc(NC(=O)C2CC2)cc1. The lowest BCUT2D eigenvalue weighted by molar-refractivity contribution is -0.126. The van der Waals surface area contributed by atoms with E-state index in [4.69, 9.17) is 0 Å². The van der Waals surface area contributed by atoms with Crippen LogP contribution in [0.3, 0.4) is 0 Å². The number of hydrazone groups is 2. The number of carbonyl (C=O) groups excluding carboxylic acids is 4. The summed E-state index contributed by atoms with van der Waals surface area (Å²) in [6.45, 7) is 3.52. The standard InChI is InChI=1S/C28H32N6O4/c1-17(19-7-11-23(12-8-19)29-27(37)21-3-4-21)31-33-25(35)15-16-26(36)34-32-18(2)20-9-13-24(14-10-20)30-28(38)22-5-6-22/h7-14,21-22H,3-6,15-16H2,1-2H3,(H,29,37)(H,30,38)(H,33,35)(H,34,36). The first kappa shape index (κ1) is 26.7. The number of carbonyl (C=O) groups is 4. The van der Waals surface area contributed by atoms with E-state index < -0.39 is 11.8 Å². The molecule has 4 rings (SSSR count). The Hall–Kier alpha value is -4.34. The Bertz CT molecular complexity index is 1160. The van der Waals surface area contributed by atoms with Crippen molar-refractivity contribution in [3.63, 3.8) is 0 Å². The van der Waals surface area contributed by atoms with Crippen LogP contribution in [0.15, 0.2) is 58.7 Å². The number of hydrogen-bond acceptors (Lipinski definition) is 6. The molecule has 0 bridgehead atoms. The monoisotopic (exact) mass is 516 g/mol. The number of nitrogens with zero attached hydrogens (tertiary/aromatic N) is 2. The maximum atomic E-state index is 12.1. The van der Waals surface area contributed by atoms with Crippen molar-refractivity contribution >= 4 is 46.4 Å². The molecular weight excluding hydrogens is 484 g/mol. The van der Waals surface area contributed by atoms with Gasteiger partial charge in [0, 0.05) is 36.1 Å². The van der Waals surface area contributed by atoms with Gasteiger partial charge in [-0.15, -0.1) is 0 Å². The number of anilines is 2. The summed E-state index contributed by atoms with van der Waals surface area (Å²) < 4.78 is 0. The van der Waals surface area contributed by atoms with Gasteiger partial charge < -0.3 is 10.6 Å². The molecule has 38 heavy (non-hydrogen) atoms. The molecule has 2 aromatic rings. The first-order valence-electron chi connectivity index (χ1n) is 12.8. The van der Waals surface area contributed by atoms with Crippen molar-refractivity contribution in [3.8, 4) is 0 Å². The van der Waals surface area contributed by atoms with Crippen molar-refractivity contribution < 1.29 is 19.2 Å². The quantitative estimate of drug-likeness (QED) is 0.268. The van der Waals surface area contributed by atoms with Crippen LogP contribution in [0, 0.1) is 11.8 Å². The zero-order valence-corrected chi connectivity index (χ0v) is 21.5. The zero-order valence-electron chi connectivity index (χ0n) is 21.5. The molecule has 4 amide bonds. The Morgan fingerprint density at radius 2 is 0.974 bits per heavy atom. The second kappa shape index (κ2) is 12.3. The molecule has 0 heterocycles. The molecular formula is C28H32N6O4. The minimum Gasteiger partial charge on any atom is -0.326 e. The highest BCUT2D eigenvalue weighted by molar-refractivity contribution is 6.01. The predicted molar refractivity (Wildman–Crippen MR) is 146 cm³/mol. The lowest BCUT2D eigenvalue weighted by Gasteiger charge is -2.07. The van der Waals surface area contributed by atoms with Gasteiger partial charge in [-0.2, -0.15) is 10.2 Å². The minimum absolute atomic E-state index is 0.0430. The van der Waals surface area contributed by atoms with E-state index in [-0.39, 0.29) is 36.5 Å². The van der Waals surface area contributed by atoms with Crippen LogP contribution in [-0.2, 0) is 19.2 Å². The van der Waals surface area contributed by atoms with Crippen LogP contribution in [0.1, 0.15) is 63.5 Å². The van der Waals surface area contributed by atoms with Crippen LogP contribution < -0.4 is 21.5 Å². The number of nitrogens with one attached hydrogen (secondary N) is 4. The maximum Gasteiger partial charge on any atom is 0.240 e. The Kier molecular flexibility index (Phi) is 8.62. The Balaban J connectivity index is 1.17. The van der Waals surface area contributed by atoms with Gasteiger partial charge in [0.2, 0.25) is 23.6 Å². The third kappa shape index (κ3) is 8.09. The van der Waals surface area contributed by atoms with Gasteiger partial charge >= 0.3 is 0 Å². The second-order valence-corrected chi connectivity index (χ2v) is 9.65. The van der Waals surface area contributed by atoms with Crippen LogP contribution in [0.2, 0.25) is 0 Å². The third-order valence-corrected chi connectivity index (χ3v) is 6.31. The van der Waals surface area contributed by atoms with Crippen LogP contribution in [0.5, 0.6) is 0 Å². The molecule has 198 valence electrons. The summed E-state index contributed by atoms with van der Waals surface area (Å²) in [5.74, 6) is -0.420. The summed E-state index contributed by atoms with van der Waals surface area (Å²) in [6.07, 6.45) is 3.70. The molecule has 2 aromatic carbocycles. The zero-order chi connectivity index (χ0) is 27.1. The summed E-state index contributed by atoms with van der Waals surface area (Å²) in [7, 11) is 0. The van der Waals surface area contributed by atoms with Gasteiger partial charge in [-0.3, -0.25) is 19.2 Å². The van der Waals surface area contributed by atoms with Gasteiger partial charge in [0.25, 0.3) is 0 Å². The highest BCUT2D eigenvalue weighted by atomic mass is 16.2. The number of amides is 4. The van der Waals surface area contributed by atoms with Gasteiger partial charge in [0.15, 0.2) is 0 Å². The highest BCUT2D eigenvalue weighted by Gasteiger charge is 2.30. The Morgan fingerprint density at radius 1 is 0.632 bits per heavy atom. The molecule has 4 N–H and O–H groups in total. The summed E-state index contributed by atoms with van der Waals surface area (Å²) in [5, 5.41) is 14.0. The molecule has 2 aliphatic rings. The van der Waals surface area contributed by atoms with E-state index in [1.165, 1.54) is 0 Å². The van der Waals surface area contributed by atoms with Crippen LogP contribution in [0.4, 0.5) is 11.4 Å². The van der Waals surface area contributed by atoms with Crippen molar-refractivity contribution in [1.29, 1.82) is 0 Å². The van der Waals surface area contributed by atoms with Crippen LogP contribution in [0.25, 0.3) is 0 Å². The fraction of sp³-hybridized carbons (Fsp3) is 0.357. The molecule has 10 nitrogen and oxygen atoms in total. The van der Waals surface area contributed by atoms with Gasteiger partial charge in [-0.05, 0) is 74.9 Å². The molecule has 0 spiro atoms. The van der Waals surface area contributed by atoms with E-state index in [1.54, 1.807) is 38.1 Å². The van der Waals surface area contributed by atoms with Crippen molar-refractivity contribution in [1.82, 2.24) is 10.9 Å². The third-order valence-electron chi connectivity index (χ3n) is 6.31. The van der Waals surface area contributed by atoms with Crippen molar-refractivity contribution in [3.05, 3.63) is 59.7 Å². The first-order chi connectivity index (χ1) is 18.3. The molecule has 2 saturated carbocycles. The first-order valence-corrected chi connectivity index (χ1v) is 12.8. The van der Waals surface area contributed by atoms with E-state index in [0.717, 1.165) is 48.2 Å².